The summed E-state index contributed by atoms with van der Waals surface area (Å²) in [6.07, 6.45) is 0. The van der Waals surface area contributed by atoms with Gasteiger partial charge in [-0.2, -0.15) is 5.90 Å². The van der Waals surface area contributed by atoms with Crippen LogP contribution in [-0.2, 0) is 0 Å². The van der Waals surface area contributed by atoms with Gasteiger partial charge in [-0.1, -0.05) is 0 Å². The van der Waals surface area contributed by atoms with E-state index in [0.717, 1.165) is 5.69 Å². The summed E-state index contributed by atoms with van der Waals surface area (Å²) in [6.45, 7) is 4.10. The Labute approximate surface area is 77.8 Å². The van der Waals surface area contributed by atoms with Crippen LogP contribution in [0, 0.1) is 0 Å². The summed E-state index contributed by atoms with van der Waals surface area (Å²) < 4.78 is 0. The molecule has 0 atom stereocenters. The van der Waals surface area contributed by atoms with Gasteiger partial charge in [0.2, 0.25) is 0 Å². The van der Waals surface area contributed by atoms with Gasteiger partial charge in [-0.3, -0.25) is 0 Å². The summed E-state index contributed by atoms with van der Waals surface area (Å²) in [4.78, 5) is 4.55. The Hall–Kier alpha value is -1.42. The number of anilines is 2. The maximum Gasteiger partial charge on any atom is 0.149 e. The number of benzene rings is 1. The van der Waals surface area contributed by atoms with Crippen LogP contribution in [0.25, 0.3) is 0 Å². The highest BCUT2D eigenvalue weighted by Crippen LogP contribution is 2.23. The zero-order valence-electron chi connectivity index (χ0n) is 7.87. The van der Waals surface area contributed by atoms with Crippen LogP contribution in [0.3, 0.4) is 0 Å². The van der Waals surface area contributed by atoms with Crippen molar-refractivity contribution in [3.8, 4) is 5.75 Å². The second kappa shape index (κ2) is 4.00. The van der Waals surface area contributed by atoms with Crippen LogP contribution < -0.4 is 21.8 Å². The summed E-state index contributed by atoms with van der Waals surface area (Å²) in [6, 6.07) is 5.65. The smallest absolute Gasteiger partial charge is 0.149 e. The van der Waals surface area contributed by atoms with Crippen molar-refractivity contribution in [1.82, 2.24) is 0 Å². The van der Waals surface area contributed by atoms with Crippen LogP contribution >= 0.6 is 0 Å². The third-order valence-electron chi connectivity index (χ3n) is 1.60. The average Bonchev–Trinajstić information content (AvgIpc) is 2.08. The van der Waals surface area contributed by atoms with Gasteiger partial charge in [0.15, 0.2) is 0 Å². The van der Waals surface area contributed by atoms with Crippen molar-refractivity contribution >= 4 is 11.4 Å². The van der Waals surface area contributed by atoms with E-state index < -0.39 is 0 Å². The van der Waals surface area contributed by atoms with Gasteiger partial charge < -0.3 is 15.9 Å². The van der Waals surface area contributed by atoms with E-state index in [0.29, 0.717) is 17.5 Å². The number of hydrogen-bond donors (Lipinski definition) is 3. The molecule has 1 aromatic rings. The van der Waals surface area contributed by atoms with Gasteiger partial charge >= 0.3 is 0 Å². The van der Waals surface area contributed by atoms with Crippen LogP contribution in [0.1, 0.15) is 13.8 Å². The third kappa shape index (κ3) is 2.52. The lowest BCUT2D eigenvalue weighted by atomic mass is 10.2. The highest BCUT2D eigenvalue weighted by molar-refractivity contribution is 5.68. The Morgan fingerprint density at radius 2 is 2.08 bits per heavy atom. The van der Waals surface area contributed by atoms with Crippen molar-refractivity contribution in [3.05, 3.63) is 18.2 Å². The molecule has 0 aliphatic carbocycles. The van der Waals surface area contributed by atoms with Gasteiger partial charge in [0.1, 0.15) is 5.75 Å². The molecule has 0 fully saturated rings. The molecule has 5 N–H and O–H groups in total. The van der Waals surface area contributed by atoms with Crippen molar-refractivity contribution < 1.29 is 4.84 Å². The average molecular weight is 181 g/mol. The maximum atomic E-state index is 5.75. The largest absolute Gasteiger partial charge is 0.411 e. The highest BCUT2D eigenvalue weighted by atomic mass is 16.6. The summed E-state index contributed by atoms with van der Waals surface area (Å²) in [7, 11) is 0. The van der Waals surface area contributed by atoms with E-state index >= 15 is 0 Å². The first-order valence-corrected chi connectivity index (χ1v) is 4.16. The van der Waals surface area contributed by atoms with E-state index in [4.69, 9.17) is 11.6 Å². The summed E-state index contributed by atoms with van der Waals surface area (Å²) in [5, 5.41) is 3.20. The summed E-state index contributed by atoms with van der Waals surface area (Å²) in [5.41, 5.74) is 7.28. The van der Waals surface area contributed by atoms with Crippen molar-refractivity contribution in [2.75, 3.05) is 11.1 Å². The van der Waals surface area contributed by atoms with Crippen molar-refractivity contribution in [2.45, 2.75) is 19.9 Å². The van der Waals surface area contributed by atoms with E-state index in [-0.39, 0.29) is 0 Å². The molecule has 72 valence electrons. The SMILES string of the molecule is CC(C)Nc1ccc(ON)cc1N. The molecule has 0 saturated heterocycles. The van der Waals surface area contributed by atoms with E-state index in [1.54, 1.807) is 12.1 Å². The first-order chi connectivity index (χ1) is 6.13. The predicted octanol–water partition coefficient (Wildman–Crippen LogP) is 1.34. The normalized spacial score (nSPS) is 10.2. The molecular formula is C9H15N3O. The summed E-state index contributed by atoms with van der Waals surface area (Å²) >= 11 is 0. The number of rotatable bonds is 3. The molecule has 0 amide bonds. The molecule has 0 spiro atoms. The number of hydrogen-bond acceptors (Lipinski definition) is 4. The van der Waals surface area contributed by atoms with Crippen molar-refractivity contribution in [2.24, 2.45) is 5.90 Å². The van der Waals surface area contributed by atoms with Gasteiger partial charge in [0, 0.05) is 12.1 Å². The lowest BCUT2D eigenvalue weighted by Crippen LogP contribution is -2.11. The second-order valence-electron chi connectivity index (χ2n) is 3.17. The molecule has 4 nitrogen and oxygen atoms in total. The standard InChI is InChI=1S/C9H15N3O/c1-6(2)12-9-4-3-7(13-11)5-8(9)10/h3-6,12H,10-11H2,1-2H3. The first kappa shape index (κ1) is 9.67. The molecule has 0 aliphatic heterocycles. The third-order valence-corrected chi connectivity index (χ3v) is 1.60. The Bertz CT molecular complexity index is 286. The van der Waals surface area contributed by atoms with Crippen LogP contribution in [0.4, 0.5) is 11.4 Å². The molecule has 0 bridgehead atoms. The van der Waals surface area contributed by atoms with Gasteiger partial charge in [-0.05, 0) is 26.0 Å². The topological polar surface area (TPSA) is 73.3 Å². The number of nitrogens with two attached hydrogens (primary N) is 2. The number of nitrogen functional groups attached to an aromatic ring is 1. The van der Waals surface area contributed by atoms with E-state index in [9.17, 15) is 0 Å². The molecule has 1 rings (SSSR count). The zero-order valence-corrected chi connectivity index (χ0v) is 7.87. The Balaban J connectivity index is 2.85. The lowest BCUT2D eigenvalue weighted by Gasteiger charge is -2.12. The predicted molar refractivity (Wildman–Crippen MR) is 54.4 cm³/mol. The van der Waals surface area contributed by atoms with E-state index in [1.165, 1.54) is 0 Å². The molecular weight excluding hydrogens is 166 g/mol. The fraction of sp³-hybridized carbons (Fsp3) is 0.333. The van der Waals surface area contributed by atoms with Gasteiger partial charge in [0.25, 0.3) is 0 Å². The maximum absolute atomic E-state index is 5.75. The minimum atomic E-state index is 0.354. The van der Waals surface area contributed by atoms with Crippen LogP contribution in [0.5, 0.6) is 5.75 Å². The molecule has 0 heterocycles. The molecule has 13 heavy (non-hydrogen) atoms. The molecule has 0 saturated carbocycles. The van der Waals surface area contributed by atoms with Crippen LogP contribution in [0.2, 0.25) is 0 Å². The lowest BCUT2D eigenvalue weighted by molar-refractivity contribution is 0.335. The highest BCUT2D eigenvalue weighted by Gasteiger charge is 2.01. The van der Waals surface area contributed by atoms with Crippen molar-refractivity contribution in [3.63, 3.8) is 0 Å². The van der Waals surface area contributed by atoms with Crippen LogP contribution in [0.15, 0.2) is 18.2 Å². The Kier molecular flexibility index (Phi) is 2.97. The number of nitrogens with one attached hydrogen (secondary N) is 1. The first-order valence-electron chi connectivity index (χ1n) is 4.16. The second-order valence-corrected chi connectivity index (χ2v) is 3.17. The molecule has 0 aromatic heterocycles. The molecule has 0 unspecified atom stereocenters. The van der Waals surface area contributed by atoms with E-state index in [2.05, 4.69) is 10.2 Å². The fourth-order valence-electron chi connectivity index (χ4n) is 1.06. The molecule has 0 aliphatic rings. The molecule has 0 radical (unpaired) electrons. The van der Waals surface area contributed by atoms with Crippen molar-refractivity contribution in [1.29, 1.82) is 0 Å². The van der Waals surface area contributed by atoms with Gasteiger partial charge in [-0.15, -0.1) is 0 Å². The van der Waals surface area contributed by atoms with Gasteiger partial charge in [-0.25, -0.2) is 0 Å². The Morgan fingerprint density at radius 1 is 1.38 bits per heavy atom. The molecule has 1 aromatic carbocycles. The minimum absolute atomic E-state index is 0.354. The van der Waals surface area contributed by atoms with Crippen LogP contribution in [-0.4, -0.2) is 6.04 Å². The monoisotopic (exact) mass is 181 g/mol. The van der Waals surface area contributed by atoms with E-state index in [1.807, 2.05) is 19.9 Å². The minimum Gasteiger partial charge on any atom is -0.411 e. The quantitative estimate of drug-likeness (QED) is 0.486. The zero-order chi connectivity index (χ0) is 9.84. The summed E-state index contributed by atoms with van der Waals surface area (Å²) in [5.74, 6) is 5.56. The fourth-order valence-corrected chi connectivity index (χ4v) is 1.06. The van der Waals surface area contributed by atoms with Gasteiger partial charge in [0.05, 0.1) is 11.4 Å². The Morgan fingerprint density at radius 3 is 2.54 bits per heavy atom. The molecule has 4 heteroatoms.